The van der Waals surface area contributed by atoms with Gasteiger partial charge in [0.05, 0.1) is 28.9 Å². The maximum atomic E-state index is 11.3. The van der Waals surface area contributed by atoms with Crippen LogP contribution in [0.1, 0.15) is 31.8 Å². The van der Waals surface area contributed by atoms with Gasteiger partial charge in [-0.05, 0) is 48.0 Å². The van der Waals surface area contributed by atoms with Crippen molar-refractivity contribution < 1.29 is 29.3 Å². The first-order valence-electron chi connectivity index (χ1n) is 9.08. The maximum Gasteiger partial charge on any atom is 0.337 e. The predicted octanol–water partition coefficient (Wildman–Crippen LogP) is 5.07. The molecule has 3 aromatic carbocycles. The molecule has 0 saturated carbocycles. The van der Waals surface area contributed by atoms with Gasteiger partial charge in [-0.3, -0.25) is 4.99 Å². The molecule has 3 aromatic rings. The lowest BCUT2D eigenvalue weighted by molar-refractivity contribution is 0.0686. The van der Waals surface area contributed by atoms with Crippen LogP contribution in [0.3, 0.4) is 0 Å². The number of carboxylic acids is 2. The van der Waals surface area contributed by atoms with Crippen molar-refractivity contribution in [1.82, 2.24) is 0 Å². The molecule has 0 aliphatic rings. The Hall–Kier alpha value is -3.84. The first kappa shape index (κ1) is 21.9. The summed E-state index contributed by atoms with van der Waals surface area (Å²) in [5, 5.41) is 18.3. The van der Waals surface area contributed by atoms with E-state index in [2.05, 4.69) is 4.99 Å². The summed E-state index contributed by atoms with van der Waals surface area (Å²) in [6.45, 7) is 0.186. The van der Waals surface area contributed by atoms with Crippen molar-refractivity contribution in [1.29, 1.82) is 0 Å². The first-order chi connectivity index (χ1) is 14.9. The van der Waals surface area contributed by atoms with Gasteiger partial charge in [-0.2, -0.15) is 0 Å². The predicted molar refractivity (Wildman–Crippen MR) is 116 cm³/mol. The standard InChI is InChI=1S/C23H18ClNO6/c1-30-20-4-2-3-16(12-25-17-9-10-19(24)18(11-17)23(28)29)21(20)31-13-14-5-7-15(8-6-14)22(26)27/h2-12H,13H2,1H3,(H,26,27)(H,28,29). The van der Waals surface area contributed by atoms with Gasteiger partial charge in [0.15, 0.2) is 11.5 Å². The molecule has 2 N–H and O–H groups in total. The lowest BCUT2D eigenvalue weighted by atomic mass is 10.1. The van der Waals surface area contributed by atoms with Crippen LogP contribution in [0.4, 0.5) is 5.69 Å². The van der Waals surface area contributed by atoms with E-state index in [9.17, 15) is 14.7 Å². The average Bonchev–Trinajstić information content (AvgIpc) is 2.77. The third-order valence-corrected chi connectivity index (χ3v) is 4.68. The largest absolute Gasteiger partial charge is 0.493 e. The number of rotatable bonds is 8. The SMILES string of the molecule is COc1cccc(C=Nc2ccc(Cl)c(C(=O)O)c2)c1OCc1ccc(C(=O)O)cc1. The third kappa shape index (κ3) is 5.40. The van der Waals surface area contributed by atoms with Gasteiger partial charge >= 0.3 is 11.9 Å². The smallest absolute Gasteiger partial charge is 0.337 e. The maximum absolute atomic E-state index is 11.3. The van der Waals surface area contributed by atoms with Gasteiger partial charge in [0, 0.05) is 11.8 Å². The molecule has 0 fully saturated rings. The Morgan fingerprint density at radius 3 is 2.42 bits per heavy atom. The number of aromatic carboxylic acids is 2. The number of para-hydroxylation sites is 1. The van der Waals surface area contributed by atoms with E-state index >= 15 is 0 Å². The van der Waals surface area contributed by atoms with Gasteiger partial charge in [0.1, 0.15) is 6.61 Å². The minimum atomic E-state index is -1.14. The van der Waals surface area contributed by atoms with E-state index in [1.807, 2.05) is 0 Å². The minimum Gasteiger partial charge on any atom is -0.493 e. The third-order valence-electron chi connectivity index (χ3n) is 4.35. The minimum absolute atomic E-state index is 0.0387. The van der Waals surface area contributed by atoms with Crippen LogP contribution in [0.25, 0.3) is 0 Å². The monoisotopic (exact) mass is 439 g/mol. The Bertz CT molecular complexity index is 1140. The molecule has 0 amide bonds. The van der Waals surface area contributed by atoms with Crippen molar-refractivity contribution in [2.75, 3.05) is 7.11 Å². The fourth-order valence-electron chi connectivity index (χ4n) is 2.75. The summed E-state index contributed by atoms with van der Waals surface area (Å²) in [4.78, 5) is 26.6. The molecule has 0 radical (unpaired) electrons. The second-order valence-corrected chi connectivity index (χ2v) is 6.80. The van der Waals surface area contributed by atoms with Crippen LogP contribution in [0, 0.1) is 0 Å². The molecule has 0 bridgehead atoms. The number of halogens is 1. The zero-order valence-electron chi connectivity index (χ0n) is 16.4. The van der Waals surface area contributed by atoms with Crippen LogP contribution in [-0.4, -0.2) is 35.5 Å². The number of carbonyl (C=O) groups is 2. The average molecular weight is 440 g/mol. The Kier molecular flexibility index (Phi) is 6.89. The zero-order chi connectivity index (χ0) is 22.4. The van der Waals surface area contributed by atoms with Crippen molar-refractivity contribution in [3.05, 3.63) is 87.9 Å². The molecule has 0 heterocycles. The topological polar surface area (TPSA) is 105 Å². The molecular weight excluding hydrogens is 422 g/mol. The Labute approximate surface area is 183 Å². The van der Waals surface area contributed by atoms with E-state index < -0.39 is 11.9 Å². The molecule has 3 rings (SSSR count). The number of hydrogen-bond donors (Lipinski definition) is 2. The van der Waals surface area contributed by atoms with Gasteiger partial charge in [-0.25, -0.2) is 9.59 Å². The number of hydrogen-bond acceptors (Lipinski definition) is 5. The van der Waals surface area contributed by atoms with E-state index in [0.29, 0.717) is 22.7 Å². The molecule has 0 spiro atoms. The first-order valence-corrected chi connectivity index (χ1v) is 9.46. The van der Waals surface area contributed by atoms with Crippen LogP contribution < -0.4 is 9.47 Å². The van der Waals surface area contributed by atoms with Crippen LogP contribution >= 0.6 is 11.6 Å². The summed E-state index contributed by atoms with van der Waals surface area (Å²) in [6.07, 6.45) is 1.54. The number of aliphatic imine (C=N–C) groups is 1. The van der Waals surface area contributed by atoms with Gasteiger partial charge in [0.25, 0.3) is 0 Å². The van der Waals surface area contributed by atoms with Gasteiger partial charge < -0.3 is 19.7 Å². The van der Waals surface area contributed by atoms with E-state index in [0.717, 1.165) is 5.56 Å². The summed E-state index contributed by atoms with van der Waals surface area (Å²) in [6, 6.07) is 16.1. The highest BCUT2D eigenvalue weighted by Crippen LogP contribution is 2.31. The highest BCUT2D eigenvalue weighted by atomic mass is 35.5. The Morgan fingerprint density at radius 2 is 1.77 bits per heavy atom. The number of methoxy groups -OCH3 is 1. The fraction of sp³-hybridized carbons (Fsp3) is 0.0870. The molecule has 0 aromatic heterocycles. The van der Waals surface area contributed by atoms with E-state index in [4.69, 9.17) is 26.2 Å². The van der Waals surface area contributed by atoms with Crippen molar-refractivity contribution >= 4 is 35.4 Å². The molecule has 0 aliphatic carbocycles. The lowest BCUT2D eigenvalue weighted by Crippen LogP contribution is -2.02. The van der Waals surface area contributed by atoms with Crippen LogP contribution in [0.2, 0.25) is 5.02 Å². The molecule has 31 heavy (non-hydrogen) atoms. The second kappa shape index (κ2) is 9.77. The number of nitrogens with zero attached hydrogens (tertiary/aromatic N) is 1. The Balaban J connectivity index is 1.85. The van der Waals surface area contributed by atoms with Crippen LogP contribution in [0.15, 0.2) is 65.7 Å². The van der Waals surface area contributed by atoms with Crippen LogP contribution in [-0.2, 0) is 6.61 Å². The summed E-state index contributed by atoms with van der Waals surface area (Å²) in [7, 11) is 1.52. The molecular formula is C23H18ClNO6. The van der Waals surface area contributed by atoms with Gasteiger partial charge in [-0.1, -0.05) is 29.8 Å². The number of benzene rings is 3. The van der Waals surface area contributed by atoms with Crippen molar-refractivity contribution in [3.63, 3.8) is 0 Å². The fourth-order valence-corrected chi connectivity index (χ4v) is 2.95. The summed E-state index contributed by atoms with van der Waals surface area (Å²) >= 11 is 5.90. The zero-order valence-corrected chi connectivity index (χ0v) is 17.2. The summed E-state index contributed by atoms with van der Waals surface area (Å²) in [5.41, 5.74) is 1.97. The molecule has 158 valence electrons. The van der Waals surface area contributed by atoms with Crippen molar-refractivity contribution in [2.45, 2.75) is 6.61 Å². The highest BCUT2D eigenvalue weighted by molar-refractivity contribution is 6.33. The van der Waals surface area contributed by atoms with Gasteiger partial charge in [0.2, 0.25) is 0 Å². The van der Waals surface area contributed by atoms with Crippen molar-refractivity contribution in [3.8, 4) is 11.5 Å². The molecule has 0 aliphatic heterocycles. The van der Waals surface area contributed by atoms with E-state index in [-0.39, 0.29) is 22.8 Å². The lowest BCUT2D eigenvalue weighted by Gasteiger charge is -2.13. The van der Waals surface area contributed by atoms with Crippen LogP contribution in [0.5, 0.6) is 11.5 Å². The van der Waals surface area contributed by atoms with E-state index in [1.54, 1.807) is 42.6 Å². The number of ether oxygens (including phenoxy) is 2. The van der Waals surface area contributed by atoms with E-state index in [1.165, 1.54) is 31.4 Å². The normalized spacial score (nSPS) is 10.8. The molecule has 0 unspecified atom stereocenters. The Morgan fingerprint density at radius 1 is 1.03 bits per heavy atom. The van der Waals surface area contributed by atoms with Gasteiger partial charge in [-0.15, -0.1) is 0 Å². The molecule has 0 atom stereocenters. The highest BCUT2D eigenvalue weighted by Gasteiger charge is 2.12. The summed E-state index contributed by atoms with van der Waals surface area (Å²) in [5.74, 6) is -1.19. The molecule has 8 heteroatoms. The van der Waals surface area contributed by atoms with Crippen molar-refractivity contribution in [2.24, 2.45) is 4.99 Å². The second-order valence-electron chi connectivity index (χ2n) is 6.40. The quantitative estimate of drug-likeness (QED) is 0.474. The molecule has 7 nitrogen and oxygen atoms in total. The summed E-state index contributed by atoms with van der Waals surface area (Å²) < 4.78 is 11.3. The number of carboxylic acid groups (broad SMARTS) is 2. The molecule has 0 saturated heterocycles.